The highest BCUT2D eigenvalue weighted by molar-refractivity contribution is 5.97. The third kappa shape index (κ3) is 6.04. The summed E-state index contributed by atoms with van der Waals surface area (Å²) in [5.41, 5.74) is 0.788. The van der Waals surface area contributed by atoms with Crippen molar-refractivity contribution < 1.29 is 14.4 Å². The molecule has 1 aliphatic heterocycles. The van der Waals surface area contributed by atoms with Crippen LogP contribution in [0.5, 0.6) is 0 Å². The Balaban J connectivity index is 1.37. The number of carbonyl (C=O) groups is 3. The molecule has 0 radical (unpaired) electrons. The molecule has 0 unspecified atom stereocenters. The molecule has 0 bridgehead atoms. The summed E-state index contributed by atoms with van der Waals surface area (Å²) >= 11 is 0. The van der Waals surface area contributed by atoms with Gasteiger partial charge in [-0.3, -0.25) is 24.7 Å². The lowest BCUT2D eigenvalue weighted by atomic mass is 10.2. The normalized spacial score (nSPS) is 19.1. The molecule has 8 heteroatoms. The molecule has 1 aromatic carbocycles. The Morgan fingerprint density at radius 2 is 1.74 bits per heavy atom. The minimum absolute atomic E-state index is 0.0443. The molecule has 2 fully saturated rings. The summed E-state index contributed by atoms with van der Waals surface area (Å²) in [6, 6.07) is 8.81. The zero-order valence-electron chi connectivity index (χ0n) is 15.6. The lowest BCUT2D eigenvalue weighted by molar-refractivity contribution is -0.126. The molecule has 1 atom stereocenters. The topological polar surface area (TPSA) is 93.8 Å². The van der Waals surface area contributed by atoms with Crippen LogP contribution in [0, 0.1) is 0 Å². The predicted octanol–water partition coefficient (Wildman–Crippen LogP) is 0.619. The minimum Gasteiger partial charge on any atom is -0.335 e. The van der Waals surface area contributed by atoms with E-state index >= 15 is 0 Å². The molecule has 0 aromatic heterocycles. The molecule has 1 saturated carbocycles. The van der Waals surface area contributed by atoms with Gasteiger partial charge in [0.2, 0.25) is 11.8 Å². The van der Waals surface area contributed by atoms with Crippen LogP contribution in [0.15, 0.2) is 30.3 Å². The van der Waals surface area contributed by atoms with Gasteiger partial charge in [-0.25, -0.2) is 4.79 Å². The molecule has 3 N–H and O–H groups in total. The van der Waals surface area contributed by atoms with Crippen molar-refractivity contribution in [2.24, 2.45) is 0 Å². The molecular weight excluding hydrogens is 346 g/mol. The first-order valence-corrected chi connectivity index (χ1v) is 9.44. The summed E-state index contributed by atoms with van der Waals surface area (Å²) in [6.45, 7) is 4.89. The molecule has 0 spiro atoms. The van der Waals surface area contributed by atoms with Crippen LogP contribution >= 0.6 is 0 Å². The second-order valence-corrected chi connectivity index (χ2v) is 7.14. The van der Waals surface area contributed by atoms with Gasteiger partial charge in [-0.1, -0.05) is 18.2 Å². The second-order valence-electron chi connectivity index (χ2n) is 7.14. The van der Waals surface area contributed by atoms with Gasteiger partial charge in [0, 0.05) is 37.9 Å². The molecule has 4 amide bonds. The Morgan fingerprint density at radius 1 is 1.07 bits per heavy atom. The van der Waals surface area contributed by atoms with E-state index in [2.05, 4.69) is 20.9 Å². The summed E-state index contributed by atoms with van der Waals surface area (Å²) in [7, 11) is 0. The van der Waals surface area contributed by atoms with Crippen molar-refractivity contribution in [2.45, 2.75) is 31.8 Å². The number of benzene rings is 1. The third-order valence-corrected chi connectivity index (χ3v) is 4.91. The quantitative estimate of drug-likeness (QED) is 0.680. The zero-order valence-corrected chi connectivity index (χ0v) is 15.6. The second kappa shape index (κ2) is 8.96. The number of nitrogens with zero attached hydrogens (tertiary/aromatic N) is 2. The summed E-state index contributed by atoms with van der Waals surface area (Å²) in [6.07, 6.45) is 1.97. The fourth-order valence-corrected chi connectivity index (χ4v) is 3.07. The Labute approximate surface area is 159 Å². The Morgan fingerprint density at radius 3 is 2.37 bits per heavy atom. The number of piperazine rings is 1. The van der Waals surface area contributed by atoms with Crippen molar-refractivity contribution in [2.75, 3.05) is 38.0 Å². The first-order chi connectivity index (χ1) is 13.0. The van der Waals surface area contributed by atoms with E-state index in [0.29, 0.717) is 32.7 Å². The van der Waals surface area contributed by atoms with Crippen molar-refractivity contribution in [1.82, 2.24) is 20.4 Å². The summed E-state index contributed by atoms with van der Waals surface area (Å²) < 4.78 is 0. The summed E-state index contributed by atoms with van der Waals surface area (Å²) in [5.74, 6) is -0.333. The summed E-state index contributed by atoms with van der Waals surface area (Å²) in [5, 5.41) is 8.04. The van der Waals surface area contributed by atoms with Gasteiger partial charge in [0.1, 0.15) is 0 Å². The van der Waals surface area contributed by atoms with Crippen LogP contribution in [0.2, 0.25) is 0 Å². The van der Waals surface area contributed by atoms with Crippen LogP contribution in [-0.4, -0.2) is 72.5 Å². The van der Waals surface area contributed by atoms with E-state index in [-0.39, 0.29) is 23.9 Å². The number of urea groups is 1. The fourth-order valence-electron chi connectivity index (χ4n) is 3.07. The van der Waals surface area contributed by atoms with Gasteiger partial charge in [-0.05, 0) is 31.9 Å². The number of hydrogen-bond acceptors (Lipinski definition) is 5. The highest BCUT2D eigenvalue weighted by Gasteiger charge is 2.29. The van der Waals surface area contributed by atoms with Crippen molar-refractivity contribution >= 4 is 23.5 Å². The van der Waals surface area contributed by atoms with E-state index in [1.807, 2.05) is 35.2 Å². The molecule has 2 aliphatic rings. The van der Waals surface area contributed by atoms with Gasteiger partial charge in [0.25, 0.3) is 0 Å². The van der Waals surface area contributed by atoms with Crippen LogP contribution in [-0.2, 0) is 9.59 Å². The van der Waals surface area contributed by atoms with Crippen molar-refractivity contribution in [3.8, 4) is 0 Å². The van der Waals surface area contributed by atoms with E-state index in [1.165, 1.54) is 0 Å². The molecule has 1 saturated heterocycles. The van der Waals surface area contributed by atoms with Gasteiger partial charge < -0.3 is 10.6 Å². The van der Waals surface area contributed by atoms with Gasteiger partial charge >= 0.3 is 6.03 Å². The minimum atomic E-state index is -0.412. The van der Waals surface area contributed by atoms with Gasteiger partial charge in [-0.2, -0.15) is 0 Å². The molecule has 3 rings (SSSR count). The molecule has 27 heavy (non-hydrogen) atoms. The Kier molecular flexibility index (Phi) is 6.41. The highest BCUT2D eigenvalue weighted by Crippen LogP contribution is 2.18. The van der Waals surface area contributed by atoms with Crippen LogP contribution in [0.3, 0.4) is 0 Å². The lowest BCUT2D eigenvalue weighted by Crippen LogP contribution is -2.56. The van der Waals surface area contributed by atoms with Crippen molar-refractivity contribution in [3.63, 3.8) is 0 Å². The van der Waals surface area contributed by atoms with Crippen LogP contribution < -0.4 is 16.0 Å². The van der Waals surface area contributed by atoms with Crippen molar-refractivity contribution in [3.05, 3.63) is 30.3 Å². The predicted molar refractivity (Wildman–Crippen MR) is 102 cm³/mol. The van der Waals surface area contributed by atoms with Crippen LogP contribution in [0.4, 0.5) is 10.5 Å². The first kappa shape index (κ1) is 19.3. The highest BCUT2D eigenvalue weighted by atomic mass is 16.2. The number of amides is 4. The van der Waals surface area contributed by atoms with E-state index in [4.69, 9.17) is 0 Å². The lowest BCUT2D eigenvalue weighted by Gasteiger charge is -2.36. The maximum Gasteiger partial charge on any atom is 0.321 e. The van der Waals surface area contributed by atoms with Crippen LogP contribution in [0.25, 0.3) is 0 Å². The standard InChI is InChI=1S/C19H27N5O3/c1-14(18(26)22-19(27)21-16-7-8-16)24-11-9-23(10-12-24)13-17(25)20-15-5-3-2-4-6-15/h2-6,14,16H,7-13H2,1H3,(H,20,25)(H2,21,22,26,27)/t14-/m1/s1. The average molecular weight is 373 g/mol. The molecule has 146 valence electrons. The number of nitrogens with one attached hydrogen (secondary N) is 3. The molecular formula is C19H27N5O3. The van der Waals surface area contributed by atoms with E-state index < -0.39 is 6.03 Å². The molecule has 8 nitrogen and oxygen atoms in total. The Hall–Kier alpha value is -2.45. The number of rotatable bonds is 6. The van der Waals surface area contributed by atoms with Gasteiger partial charge in [0.15, 0.2) is 0 Å². The van der Waals surface area contributed by atoms with Gasteiger partial charge in [-0.15, -0.1) is 0 Å². The number of para-hydroxylation sites is 1. The maximum atomic E-state index is 12.2. The SMILES string of the molecule is C[C@H](C(=O)NC(=O)NC1CC1)N1CCN(CC(=O)Nc2ccccc2)CC1. The molecule has 1 aliphatic carbocycles. The smallest absolute Gasteiger partial charge is 0.321 e. The molecule has 1 aromatic rings. The fraction of sp³-hybridized carbons (Fsp3) is 0.526. The van der Waals surface area contributed by atoms with E-state index in [1.54, 1.807) is 6.92 Å². The Bertz CT molecular complexity index is 669. The maximum absolute atomic E-state index is 12.2. The largest absolute Gasteiger partial charge is 0.335 e. The number of imide groups is 1. The first-order valence-electron chi connectivity index (χ1n) is 9.44. The third-order valence-electron chi connectivity index (χ3n) is 4.91. The van der Waals surface area contributed by atoms with E-state index in [9.17, 15) is 14.4 Å². The van der Waals surface area contributed by atoms with Crippen LogP contribution in [0.1, 0.15) is 19.8 Å². The number of carbonyl (C=O) groups excluding carboxylic acids is 3. The zero-order chi connectivity index (χ0) is 19.2. The number of anilines is 1. The average Bonchev–Trinajstić information content (AvgIpc) is 3.46. The summed E-state index contributed by atoms with van der Waals surface area (Å²) in [4.78, 5) is 40.2. The molecule has 1 heterocycles. The number of hydrogen-bond donors (Lipinski definition) is 3. The van der Waals surface area contributed by atoms with Crippen molar-refractivity contribution in [1.29, 1.82) is 0 Å². The van der Waals surface area contributed by atoms with E-state index in [0.717, 1.165) is 18.5 Å². The van der Waals surface area contributed by atoms with Gasteiger partial charge in [0.05, 0.1) is 12.6 Å². The monoisotopic (exact) mass is 373 g/mol.